The van der Waals surface area contributed by atoms with Gasteiger partial charge in [-0.2, -0.15) is 5.10 Å². The molecule has 0 saturated heterocycles. The largest absolute Gasteiger partial charge is 0.456 e. The second-order valence-electron chi connectivity index (χ2n) is 8.42. The second kappa shape index (κ2) is 9.38. The van der Waals surface area contributed by atoms with Crippen LogP contribution in [0, 0.1) is 20.8 Å². The molecule has 0 aliphatic carbocycles. The molecule has 35 heavy (non-hydrogen) atoms. The van der Waals surface area contributed by atoms with Gasteiger partial charge < -0.3 is 10.1 Å². The molecule has 3 heterocycles. The molecule has 0 spiro atoms. The Morgan fingerprint density at radius 2 is 1.80 bits per heavy atom. The lowest BCUT2D eigenvalue weighted by molar-refractivity contribution is 0.0950. The average molecular weight is 464 g/mol. The summed E-state index contributed by atoms with van der Waals surface area (Å²) >= 11 is 0. The third kappa shape index (κ3) is 4.48. The van der Waals surface area contributed by atoms with E-state index in [0.717, 1.165) is 44.5 Å². The first kappa shape index (κ1) is 22.3. The fourth-order valence-electron chi connectivity index (χ4n) is 4.21. The van der Waals surface area contributed by atoms with Gasteiger partial charge in [0.05, 0.1) is 11.2 Å². The fourth-order valence-corrected chi connectivity index (χ4v) is 4.21. The quantitative estimate of drug-likeness (QED) is 0.339. The maximum Gasteiger partial charge on any atom is 0.251 e. The van der Waals surface area contributed by atoms with E-state index >= 15 is 0 Å². The highest BCUT2D eigenvalue weighted by molar-refractivity contribution is 5.96. The van der Waals surface area contributed by atoms with Crippen LogP contribution in [0.1, 0.15) is 32.9 Å². The fraction of sp³-hybridized carbons (Fsp3) is 0.143. The number of carbonyl (C=O) groups is 1. The van der Waals surface area contributed by atoms with Gasteiger partial charge in [0.1, 0.15) is 11.5 Å². The van der Waals surface area contributed by atoms with Crippen molar-refractivity contribution in [1.82, 2.24) is 25.5 Å². The summed E-state index contributed by atoms with van der Waals surface area (Å²) in [4.78, 5) is 21.4. The Morgan fingerprint density at radius 1 is 0.971 bits per heavy atom. The SMILES string of the molecule is Cc1n[nH]c(C)c1-c1ccc2c(Oc3cccc(C(=O)NCc4ccncc4)c3C)ccnc2c1. The van der Waals surface area contributed by atoms with Crippen LogP contribution in [0.4, 0.5) is 0 Å². The number of fused-ring (bicyclic) bond motifs is 1. The highest BCUT2D eigenvalue weighted by Crippen LogP contribution is 2.34. The molecular weight excluding hydrogens is 438 g/mol. The Kier molecular flexibility index (Phi) is 5.97. The van der Waals surface area contributed by atoms with Crippen LogP contribution in [0.15, 0.2) is 73.2 Å². The van der Waals surface area contributed by atoms with Crippen molar-refractivity contribution in [3.05, 3.63) is 101 Å². The van der Waals surface area contributed by atoms with E-state index in [1.54, 1.807) is 24.7 Å². The van der Waals surface area contributed by atoms with Crippen LogP contribution in [0.2, 0.25) is 0 Å². The van der Waals surface area contributed by atoms with E-state index in [-0.39, 0.29) is 5.91 Å². The minimum Gasteiger partial charge on any atom is -0.456 e. The monoisotopic (exact) mass is 463 g/mol. The number of ether oxygens (including phenoxy) is 1. The number of aromatic nitrogens is 4. The highest BCUT2D eigenvalue weighted by atomic mass is 16.5. The first-order valence-electron chi connectivity index (χ1n) is 11.4. The van der Waals surface area contributed by atoms with Crippen molar-refractivity contribution in [2.75, 3.05) is 0 Å². The van der Waals surface area contributed by atoms with E-state index in [1.807, 2.05) is 63.2 Å². The van der Waals surface area contributed by atoms with Crippen molar-refractivity contribution < 1.29 is 9.53 Å². The van der Waals surface area contributed by atoms with Gasteiger partial charge in [-0.25, -0.2) is 0 Å². The Bertz CT molecular complexity index is 1510. The van der Waals surface area contributed by atoms with Gasteiger partial charge >= 0.3 is 0 Å². The van der Waals surface area contributed by atoms with Gasteiger partial charge in [0.2, 0.25) is 0 Å². The first-order chi connectivity index (χ1) is 17.0. The lowest BCUT2D eigenvalue weighted by Crippen LogP contribution is -2.23. The van der Waals surface area contributed by atoms with Crippen molar-refractivity contribution >= 4 is 16.8 Å². The molecule has 7 nitrogen and oxygen atoms in total. The summed E-state index contributed by atoms with van der Waals surface area (Å²) in [6, 6.07) is 17.2. The summed E-state index contributed by atoms with van der Waals surface area (Å²) in [6.07, 6.45) is 5.15. The smallest absolute Gasteiger partial charge is 0.251 e. The summed E-state index contributed by atoms with van der Waals surface area (Å²) in [6.45, 7) is 6.32. The van der Waals surface area contributed by atoms with Gasteiger partial charge in [0, 0.05) is 52.9 Å². The van der Waals surface area contributed by atoms with Crippen LogP contribution < -0.4 is 10.1 Å². The normalized spacial score (nSPS) is 10.9. The number of H-pyrrole nitrogens is 1. The lowest BCUT2D eigenvalue weighted by atomic mass is 10.0. The Labute approximate surface area is 203 Å². The summed E-state index contributed by atoms with van der Waals surface area (Å²) in [7, 11) is 0. The average Bonchev–Trinajstić information content (AvgIpc) is 3.22. The minimum atomic E-state index is -0.153. The molecule has 0 fully saturated rings. The molecular formula is C28H25N5O2. The summed E-state index contributed by atoms with van der Waals surface area (Å²) in [5.74, 6) is 1.15. The number of aromatic amines is 1. The zero-order chi connectivity index (χ0) is 24.4. The summed E-state index contributed by atoms with van der Waals surface area (Å²) < 4.78 is 6.31. The number of nitrogens with zero attached hydrogens (tertiary/aromatic N) is 3. The number of pyridine rings is 2. The Balaban J connectivity index is 1.41. The van der Waals surface area contributed by atoms with E-state index in [4.69, 9.17) is 4.74 Å². The molecule has 0 unspecified atom stereocenters. The number of rotatable bonds is 6. The van der Waals surface area contributed by atoms with Gasteiger partial charge in [-0.05, 0) is 74.4 Å². The van der Waals surface area contributed by atoms with E-state index in [2.05, 4.69) is 31.5 Å². The minimum absolute atomic E-state index is 0.153. The highest BCUT2D eigenvalue weighted by Gasteiger charge is 2.15. The van der Waals surface area contributed by atoms with Crippen LogP contribution >= 0.6 is 0 Å². The van der Waals surface area contributed by atoms with Crippen molar-refractivity contribution in [2.45, 2.75) is 27.3 Å². The number of benzene rings is 2. The predicted molar refractivity (Wildman–Crippen MR) is 135 cm³/mol. The number of hydrogen-bond donors (Lipinski definition) is 2. The van der Waals surface area contributed by atoms with Gasteiger partial charge in [0.25, 0.3) is 5.91 Å². The molecule has 0 aliphatic rings. The van der Waals surface area contributed by atoms with Crippen LogP contribution in [0.5, 0.6) is 11.5 Å². The van der Waals surface area contributed by atoms with Crippen LogP contribution in [0.25, 0.3) is 22.0 Å². The van der Waals surface area contributed by atoms with E-state index in [0.29, 0.717) is 23.6 Å². The number of aryl methyl sites for hydroxylation is 2. The predicted octanol–water partition coefficient (Wildman–Crippen LogP) is 5.67. The number of nitrogens with one attached hydrogen (secondary N) is 2. The van der Waals surface area contributed by atoms with E-state index in [9.17, 15) is 4.79 Å². The first-order valence-corrected chi connectivity index (χ1v) is 11.4. The van der Waals surface area contributed by atoms with E-state index < -0.39 is 0 Å². The van der Waals surface area contributed by atoms with Gasteiger partial charge in [-0.15, -0.1) is 0 Å². The number of amides is 1. The van der Waals surface area contributed by atoms with Gasteiger partial charge in [-0.1, -0.05) is 12.1 Å². The molecule has 1 amide bonds. The van der Waals surface area contributed by atoms with Gasteiger partial charge in [-0.3, -0.25) is 19.9 Å². The van der Waals surface area contributed by atoms with Crippen LogP contribution in [-0.4, -0.2) is 26.1 Å². The molecule has 0 radical (unpaired) electrons. The van der Waals surface area contributed by atoms with Crippen molar-refractivity contribution in [3.8, 4) is 22.6 Å². The van der Waals surface area contributed by atoms with Crippen molar-refractivity contribution in [1.29, 1.82) is 0 Å². The molecule has 174 valence electrons. The molecule has 0 bridgehead atoms. The molecule has 3 aromatic heterocycles. The van der Waals surface area contributed by atoms with Crippen LogP contribution in [0.3, 0.4) is 0 Å². The maximum atomic E-state index is 12.9. The van der Waals surface area contributed by atoms with E-state index in [1.165, 1.54) is 0 Å². The van der Waals surface area contributed by atoms with Crippen molar-refractivity contribution in [2.24, 2.45) is 0 Å². The second-order valence-corrected chi connectivity index (χ2v) is 8.42. The zero-order valence-electron chi connectivity index (χ0n) is 19.8. The number of carbonyl (C=O) groups excluding carboxylic acids is 1. The number of hydrogen-bond acceptors (Lipinski definition) is 5. The standard InChI is InChI=1S/C28H25N5O2/c1-17-22(28(34)31-16-20-9-12-29-13-10-20)5-4-6-25(17)35-26-11-14-30-24-15-21(7-8-23(24)26)27-18(2)32-33-19(27)3/h4-15H,16H2,1-3H3,(H,31,34)(H,32,33). The van der Waals surface area contributed by atoms with Gasteiger partial charge in [0.15, 0.2) is 0 Å². The molecule has 5 rings (SSSR count). The molecule has 0 saturated carbocycles. The summed E-state index contributed by atoms with van der Waals surface area (Å²) in [5.41, 5.74) is 7.25. The zero-order valence-corrected chi connectivity index (χ0v) is 19.8. The molecule has 2 N–H and O–H groups in total. The van der Waals surface area contributed by atoms with Crippen molar-refractivity contribution in [3.63, 3.8) is 0 Å². The molecule has 5 aromatic rings. The third-order valence-corrected chi connectivity index (χ3v) is 6.07. The topological polar surface area (TPSA) is 92.8 Å². The Hall–Kier alpha value is -4.52. The molecule has 0 aliphatic heterocycles. The third-order valence-electron chi connectivity index (χ3n) is 6.07. The lowest BCUT2D eigenvalue weighted by Gasteiger charge is -2.14. The summed E-state index contributed by atoms with van der Waals surface area (Å²) in [5, 5.41) is 11.2. The molecule has 7 heteroatoms. The molecule has 2 aromatic carbocycles. The Morgan fingerprint density at radius 3 is 2.57 bits per heavy atom. The molecule has 0 atom stereocenters. The maximum absolute atomic E-state index is 12.9. The van der Waals surface area contributed by atoms with Crippen LogP contribution in [-0.2, 0) is 6.54 Å².